The van der Waals surface area contributed by atoms with Gasteiger partial charge in [-0.15, -0.1) is 0 Å². The molecular weight excluding hydrogens is 262 g/mol. The first kappa shape index (κ1) is 15.3. The van der Waals surface area contributed by atoms with Crippen molar-refractivity contribution >= 4 is 5.91 Å². The van der Waals surface area contributed by atoms with E-state index in [1.807, 2.05) is 0 Å². The van der Waals surface area contributed by atoms with Gasteiger partial charge in [-0.05, 0) is 58.0 Å². The Morgan fingerprint density at radius 3 is 2.81 bits per heavy atom. The van der Waals surface area contributed by atoms with Crippen LogP contribution in [0.2, 0.25) is 0 Å². The molecule has 0 radical (unpaired) electrons. The third kappa shape index (κ3) is 3.78. The summed E-state index contributed by atoms with van der Waals surface area (Å²) in [5.74, 6) is 1.35. The second-order valence-electron chi connectivity index (χ2n) is 7.32. The van der Waals surface area contributed by atoms with Gasteiger partial charge in [0.15, 0.2) is 0 Å². The molecule has 0 saturated carbocycles. The monoisotopic (exact) mass is 293 g/mol. The van der Waals surface area contributed by atoms with Gasteiger partial charge in [0, 0.05) is 32.2 Å². The fourth-order valence-corrected chi connectivity index (χ4v) is 4.30. The van der Waals surface area contributed by atoms with Gasteiger partial charge in [-0.25, -0.2) is 0 Å². The van der Waals surface area contributed by atoms with Crippen molar-refractivity contribution < 1.29 is 4.79 Å². The van der Waals surface area contributed by atoms with Crippen molar-refractivity contribution in [2.45, 2.75) is 51.5 Å². The number of hydrogen-bond donors (Lipinski definition) is 1. The highest BCUT2D eigenvalue weighted by Crippen LogP contribution is 2.24. The van der Waals surface area contributed by atoms with E-state index >= 15 is 0 Å². The molecule has 0 unspecified atom stereocenters. The van der Waals surface area contributed by atoms with Gasteiger partial charge in [0.2, 0.25) is 5.91 Å². The molecule has 0 spiro atoms. The van der Waals surface area contributed by atoms with Gasteiger partial charge >= 0.3 is 0 Å². The Morgan fingerprint density at radius 2 is 2.05 bits per heavy atom. The van der Waals surface area contributed by atoms with Crippen LogP contribution in [-0.4, -0.2) is 61.0 Å². The number of rotatable bonds is 3. The summed E-state index contributed by atoms with van der Waals surface area (Å²) >= 11 is 0. The van der Waals surface area contributed by atoms with Crippen molar-refractivity contribution in [2.75, 3.05) is 39.3 Å². The summed E-state index contributed by atoms with van der Waals surface area (Å²) in [6.07, 6.45) is 7.62. The Balaban J connectivity index is 1.51. The van der Waals surface area contributed by atoms with Crippen LogP contribution in [0.3, 0.4) is 0 Å². The maximum Gasteiger partial charge on any atom is 0.227 e. The molecule has 3 aliphatic heterocycles. The number of nitrogens with one attached hydrogen (secondary N) is 1. The lowest BCUT2D eigenvalue weighted by molar-refractivity contribution is -0.137. The maximum absolute atomic E-state index is 12.6. The summed E-state index contributed by atoms with van der Waals surface area (Å²) in [7, 11) is 0. The topological polar surface area (TPSA) is 35.6 Å². The minimum atomic E-state index is 0.248. The number of carbonyl (C=O) groups excluding carboxylic acids is 1. The molecule has 3 fully saturated rings. The summed E-state index contributed by atoms with van der Waals surface area (Å²) in [5.41, 5.74) is 0. The third-order valence-corrected chi connectivity index (χ3v) is 5.67. The molecule has 120 valence electrons. The first-order valence-electron chi connectivity index (χ1n) is 8.97. The van der Waals surface area contributed by atoms with Crippen molar-refractivity contribution in [3.63, 3.8) is 0 Å². The van der Waals surface area contributed by atoms with Crippen molar-refractivity contribution in [3.8, 4) is 0 Å². The van der Waals surface area contributed by atoms with Crippen LogP contribution >= 0.6 is 0 Å². The number of nitrogens with zero attached hydrogens (tertiary/aromatic N) is 2. The van der Waals surface area contributed by atoms with Gasteiger partial charge in [0.25, 0.3) is 0 Å². The molecule has 0 bridgehead atoms. The Morgan fingerprint density at radius 1 is 1.14 bits per heavy atom. The maximum atomic E-state index is 12.6. The van der Waals surface area contributed by atoms with E-state index in [0.717, 1.165) is 38.6 Å². The highest BCUT2D eigenvalue weighted by molar-refractivity contribution is 5.79. The van der Waals surface area contributed by atoms with E-state index in [1.165, 1.54) is 45.2 Å². The molecule has 3 heterocycles. The summed E-state index contributed by atoms with van der Waals surface area (Å²) in [5, 5.41) is 3.32. The summed E-state index contributed by atoms with van der Waals surface area (Å²) in [6.45, 7) is 8.73. The van der Waals surface area contributed by atoms with Gasteiger partial charge in [-0.3, -0.25) is 4.79 Å². The van der Waals surface area contributed by atoms with Gasteiger partial charge in [0.05, 0.1) is 5.92 Å². The zero-order chi connectivity index (χ0) is 14.7. The molecule has 3 rings (SSSR count). The van der Waals surface area contributed by atoms with Crippen LogP contribution in [0.5, 0.6) is 0 Å². The fourth-order valence-electron chi connectivity index (χ4n) is 4.30. The van der Waals surface area contributed by atoms with Crippen molar-refractivity contribution in [1.82, 2.24) is 15.1 Å². The molecule has 3 aliphatic rings. The summed E-state index contributed by atoms with van der Waals surface area (Å²) in [6, 6.07) is 0.740. The van der Waals surface area contributed by atoms with Crippen molar-refractivity contribution in [3.05, 3.63) is 0 Å². The van der Waals surface area contributed by atoms with Crippen LogP contribution in [0.1, 0.15) is 45.4 Å². The molecule has 0 aliphatic carbocycles. The molecule has 1 amide bonds. The molecule has 21 heavy (non-hydrogen) atoms. The van der Waals surface area contributed by atoms with E-state index < -0.39 is 0 Å². The molecule has 1 N–H and O–H groups in total. The van der Waals surface area contributed by atoms with E-state index in [9.17, 15) is 4.79 Å². The smallest absolute Gasteiger partial charge is 0.227 e. The minimum Gasteiger partial charge on any atom is -0.342 e. The summed E-state index contributed by atoms with van der Waals surface area (Å²) < 4.78 is 0. The lowest BCUT2D eigenvalue weighted by Gasteiger charge is -2.40. The fraction of sp³-hybridized carbons (Fsp3) is 0.941. The minimum absolute atomic E-state index is 0.248. The van der Waals surface area contributed by atoms with Crippen LogP contribution in [-0.2, 0) is 4.79 Å². The van der Waals surface area contributed by atoms with Gasteiger partial charge in [-0.1, -0.05) is 6.42 Å². The van der Waals surface area contributed by atoms with Gasteiger partial charge in [-0.2, -0.15) is 0 Å². The Labute approximate surface area is 129 Å². The molecule has 3 atom stereocenters. The number of likely N-dealkylation sites (tertiary alicyclic amines) is 2. The highest BCUT2D eigenvalue weighted by atomic mass is 16.2. The molecule has 0 aromatic heterocycles. The average molecular weight is 293 g/mol. The van der Waals surface area contributed by atoms with E-state index in [2.05, 4.69) is 22.0 Å². The zero-order valence-corrected chi connectivity index (χ0v) is 13.5. The molecule has 4 heteroatoms. The number of hydrogen-bond acceptors (Lipinski definition) is 3. The van der Waals surface area contributed by atoms with Crippen molar-refractivity contribution in [1.29, 1.82) is 0 Å². The lowest BCUT2D eigenvalue weighted by atomic mass is 9.93. The average Bonchev–Trinajstić information content (AvgIpc) is 3.03. The molecule has 0 aromatic carbocycles. The molecule has 3 saturated heterocycles. The normalized spacial score (nSPS) is 35.1. The van der Waals surface area contributed by atoms with Crippen LogP contribution in [0.4, 0.5) is 0 Å². The second-order valence-corrected chi connectivity index (χ2v) is 7.32. The number of piperidine rings is 2. The Bertz CT molecular complexity index is 354. The zero-order valence-electron chi connectivity index (χ0n) is 13.5. The Hall–Kier alpha value is -0.610. The predicted molar refractivity (Wildman–Crippen MR) is 85.2 cm³/mol. The molecular formula is C17H31N3O. The second kappa shape index (κ2) is 7.10. The summed E-state index contributed by atoms with van der Waals surface area (Å²) in [4.78, 5) is 17.4. The van der Waals surface area contributed by atoms with E-state index in [0.29, 0.717) is 11.8 Å². The molecule has 0 aromatic rings. The van der Waals surface area contributed by atoms with E-state index in [1.54, 1.807) is 0 Å². The number of carbonyl (C=O) groups is 1. The molecule has 4 nitrogen and oxygen atoms in total. The quantitative estimate of drug-likeness (QED) is 0.860. The van der Waals surface area contributed by atoms with Crippen LogP contribution in [0, 0.1) is 11.8 Å². The van der Waals surface area contributed by atoms with E-state index in [4.69, 9.17) is 0 Å². The third-order valence-electron chi connectivity index (χ3n) is 5.67. The van der Waals surface area contributed by atoms with Crippen LogP contribution in [0.15, 0.2) is 0 Å². The van der Waals surface area contributed by atoms with Gasteiger partial charge in [0.1, 0.15) is 0 Å². The first-order valence-corrected chi connectivity index (χ1v) is 8.97. The number of amides is 1. The standard InChI is InChI=1S/C17H31N3O/c1-14-5-2-3-9-19(14)12-15-6-4-10-20(13-15)17(21)16-7-8-18-11-16/h14-16,18H,2-13H2,1H3/t14-,15+,16-/m1/s1. The van der Waals surface area contributed by atoms with E-state index in [-0.39, 0.29) is 5.92 Å². The van der Waals surface area contributed by atoms with Crippen LogP contribution < -0.4 is 5.32 Å². The highest BCUT2D eigenvalue weighted by Gasteiger charge is 2.31. The Kier molecular flexibility index (Phi) is 5.17. The lowest BCUT2D eigenvalue weighted by Crippen LogP contribution is -2.48. The van der Waals surface area contributed by atoms with Gasteiger partial charge < -0.3 is 15.1 Å². The van der Waals surface area contributed by atoms with Crippen molar-refractivity contribution in [2.24, 2.45) is 11.8 Å². The predicted octanol–water partition coefficient (Wildman–Crippen LogP) is 1.71. The largest absolute Gasteiger partial charge is 0.342 e. The van der Waals surface area contributed by atoms with Crippen LogP contribution in [0.25, 0.3) is 0 Å². The first-order chi connectivity index (χ1) is 10.2. The SMILES string of the molecule is C[C@@H]1CCCCN1C[C@@H]1CCCN(C(=O)[C@@H]2CCNC2)C1.